The Hall–Kier alpha value is -1.95. The number of amides is 2. The number of carbonyl (C=O) groups is 2. The molecule has 1 aromatic carbocycles. The van der Waals surface area contributed by atoms with E-state index in [1.807, 2.05) is 0 Å². The number of benzene rings is 1. The fourth-order valence-electron chi connectivity index (χ4n) is 2.43. The Bertz CT molecular complexity index is 566. The summed E-state index contributed by atoms with van der Waals surface area (Å²) in [4.78, 5) is 23.3. The highest BCUT2D eigenvalue weighted by atomic mass is 19.1. The van der Waals surface area contributed by atoms with Gasteiger partial charge >= 0.3 is 0 Å². The molecule has 0 aliphatic heterocycles. The molecule has 0 saturated heterocycles. The maximum atomic E-state index is 13.7. The van der Waals surface area contributed by atoms with Crippen LogP contribution in [0.1, 0.15) is 41.6 Å². The molecule has 20 heavy (non-hydrogen) atoms. The molecule has 1 aromatic rings. The molecule has 2 amide bonds. The lowest BCUT2D eigenvalue weighted by molar-refractivity contribution is -0.121. The third kappa shape index (κ3) is 2.65. The first-order valence-electron chi connectivity index (χ1n) is 6.54. The van der Waals surface area contributed by atoms with Gasteiger partial charge in [-0.2, -0.15) is 0 Å². The van der Waals surface area contributed by atoms with Crippen molar-refractivity contribution in [3.05, 3.63) is 29.1 Å². The van der Waals surface area contributed by atoms with Gasteiger partial charge < -0.3 is 16.8 Å². The van der Waals surface area contributed by atoms with E-state index in [0.29, 0.717) is 12.8 Å². The van der Waals surface area contributed by atoms with Crippen molar-refractivity contribution in [2.45, 2.75) is 38.1 Å². The molecule has 1 aliphatic carbocycles. The van der Waals surface area contributed by atoms with Gasteiger partial charge in [-0.05, 0) is 31.9 Å². The smallest absolute Gasteiger partial charge is 0.248 e. The van der Waals surface area contributed by atoms with Crippen molar-refractivity contribution < 1.29 is 14.0 Å². The van der Waals surface area contributed by atoms with Gasteiger partial charge in [0.15, 0.2) is 0 Å². The molecular weight excluding hydrogens is 261 g/mol. The number of nitrogens with one attached hydrogen (secondary N) is 1. The van der Waals surface area contributed by atoms with Gasteiger partial charge in [0, 0.05) is 16.8 Å². The highest BCUT2D eigenvalue weighted by Crippen LogP contribution is 2.29. The summed E-state index contributed by atoms with van der Waals surface area (Å²) in [6.45, 7) is 1.52. The number of halogens is 1. The Morgan fingerprint density at radius 1 is 1.30 bits per heavy atom. The van der Waals surface area contributed by atoms with Gasteiger partial charge in [-0.25, -0.2) is 4.39 Å². The molecule has 1 saturated carbocycles. The molecule has 1 aliphatic rings. The van der Waals surface area contributed by atoms with Crippen LogP contribution < -0.4 is 16.8 Å². The molecule has 0 bridgehead atoms. The molecular formula is C14H18FN3O2. The van der Waals surface area contributed by atoms with Crippen molar-refractivity contribution in [2.75, 3.05) is 5.32 Å². The lowest BCUT2D eigenvalue weighted by Crippen LogP contribution is -2.48. The Morgan fingerprint density at radius 2 is 1.90 bits per heavy atom. The first kappa shape index (κ1) is 14.5. The molecule has 0 heterocycles. The Kier molecular flexibility index (Phi) is 3.76. The molecule has 0 spiro atoms. The standard InChI is InChI=1S/C14H18FN3O2/c1-8-10(15)6-9(12(16)19)7-11(8)18-13(20)14(17)4-2-3-5-14/h6-7H,2-5,17H2,1H3,(H2,16,19)(H,18,20). The Balaban J connectivity index is 2.29. The normalized spacial score (nSPS) is 16.9. The van der Waals surface area contributed by atoms with Crippen LogP contribution in [0.3, 0.4) is 0 Å². The number of anilines is 1. The van der Waals surface area contributed by atoms with E-state index in [1.165, 1.54) is 13.0 Å². The molecule has 1 fully saturated rings. The summed E-state index contributed by atoms with van der Waals surface area (Å²) in [5.41, 5.74) is 10.8. The molecule has 2 rings (SSSR count). The van der Waals surface area contributed by atoms with Crippen molar-refractivity contribution in [3.63, 3.8) is 0 Å². The first-order valence-corrected chi connectivity index (χ1v) is 6.54. The average molecular weight is 279 g/mol. The maximum Gasteiger partial charge on any atom is 0.248 e. The van der Waals surface area contributed by atoms with Crippen LogP contribution in [0.2, 0.25) is 0 Å². The van der Waals surface area contributed by atoms with Crippen molar-refractivity contribution in [2.24, 2.45) is 11.5 Å². The second-order valence-corrected chi connectivity index (χ2v) is 5.31. The number of carbonyl (C=O) groups excluding carboxylic acids is 2. The van der Waals surface area contributed by atoms with E-state index in [9.17, 15) is 14.0 Å². The number of rotatable bonds is 3. The largest absolute Gasteiger partial charge is 0.366 e. The quantitative estimate of drug-likeness (QED) is 0.780. The summed E-state index contributed by atoms with van der Waals surface area (Å²) in [6.07, 6.45) is 3.02. The van der Waals surface area contributed by atoms with Gasteiger partial charge in [0.05, 0.1) is 5.54 Å². The van der Waals surface area contributed by atoms with E-state index in [-0.39, 0.29) is 22.7 Å². The van der Waals surface area contributed by atoms with Crippen LogP contribution in [0.5, 0.6) is 0 Å². The first-order chi connectivity index (χ1) is 9.33. The molecule has 0 unspecified atom stereocenters. The third-order valence-corrected chi connectivity index (χ3v) is 3.83. The molecule has 0 aromatic heterocycles. The zero-order valence-corrected chi connectivity index (χ0v) is 11.3. The van der Waals surface area contributed by atoms with Crippen LogP contribution in [0.25, 0.3) is 0 Å². The minimum Gasteiger partial charge on any atom is -0.366 e. The summed E-state index contributed by atoms with van der Waals surface area (Å²) >= 11 is 0. The fraction of sp³-hybridized carbons (Fsp3) is 0.429. The van der Waals surface area contributed by atoms with Crippen LogP contribution >= 0.6 is 0 Å². The van der Waals surface area contributed by atoms with E-state index < -0.39 is 17.3 Å². The predicted molar refractivity (Wildman–Crippen MR) is 73.7 cm³/mol. The Labute approximate surface area is 116 Å². The van der Waals surface area contributed by atoms with Gasteiger partial charge in [-0.1, -0.05) is 12.8 Å². The van der Waals surface area contributed by atoms with Crippen LogP contribution in [0.4, 0.5) is 10.1 Å². The molecule has 108 valence electrons. The summed E-state index contributed by atoms with van der Waals surface area (Å²) in [5.74, 6) is -1.68. The van der Waals surface area contributed by atoms with E-state index in [1.54, 1.807) is 0 Å². The molecule has 5 nitrogen and oxygen atoms in total. The molecule has 5 N–H and O–H groups in total. The van der Waals surface area contributed by atoms with Gasteiger partial charge in [0.1, 0.15) is 5.82 Å². The van der Waals surface area contributed by atoms with Crippen molar-refractivity contribution in [1.29, 1.82) is 0 Å². The van der Waals surface area contributed by atoms with Crippen molar-refractivity contribution in [1.82, 2.24) is 0 Å². The van der Waals surface area contributed by atoms with Gasteiger partial charge in [0.25, 0.3) is 0 Å². The fourth-order valence-corrected chi connectivity index (χ4v) is 2.43. The van der Waals surface area contributed by atoms with Crippen LogP contribution in [0.15, 0.2) is 12.1 Å². The average Bonchev–Trinajstić information content (AvgIpc) is 2.82. The minimum atomic E-state index is -0.911. The number of primary amides is 1. The zero-order valence-electron chi connectivity index (χ0n) is 11.3. The topological polar surface area (TPSA) is 98.2 Å². The van der Waals surface area contributed by atoms with E-state index in [4.69, 9.17) is 11.5 Å². The monoisotopic (exact) mass is 279 g/mol. The number of hydrogen-bond acceptors (Lipinski definition) is 3. The Morgan fingerprint density at radius 3 is 2.45 bits per heavy atom. The lowest BCUT2D eigenvalue weighted by Gasteiger charge is -2.23. The van der Waals surface area contributed by atoms with Crippen molar-refractivity contribution in [3.8, 4) is 0 Å². The molecule has 0 radical (unpaired) electrons. The van der Waals surface area contributed by atoms with Crippen LogP contribution in [-0.4, -0.2) is 17.4 Å². The zero-order chi connectivity index (χ0) is 14.9. The summed E-state index contributed by atoms with van der Waals surface area (Å²) < 4.78 is 13.7. The molecule has 0 atom stereocenters. The highest BCUT2D eigenvalue weighted by molar-refractivity contribution is 6.00. The summed E-state index contributed by atoms with van der Waals surface area (Å²) in [7, 11) is 0. The summed E-state index contributed by atoms with van der Waals surface area (Å²) in [5, 5.41) is 2.62. The number of nitrogens with two attached hydrogens (primary N) is 2. The van der Waals surface area contributed by atoms with E-state index in [0.717, 1.165) is 18.9 Å². The highest BCUT2D eigenvalue weighted by Gasteiger charge is 2.37. The second kappa shape index (κ2) is 5.20. The third-order valence-electron chi connectivity index (χ3n) is 3.83. The van der Waals surface area contributed by atoms with Crippen LogP contribution in [-0.2, 0) is 4.79 Å². The van der Waals surface area contributed by atoms with Crippen molar-refractivity contribution >= 4 is 17.5 Å². The van der Waals surface area contributed by atoms with E-state index >= 15 is 0 Å². The van der Waals surface area contributed by atoms with Crippen LogP contribution in [0, 0.1) is 12.7 Å². The van der Waals surface area contributed by atoms with Gasteiger partial charge in [-0.15, -0.1) is 0 Å². The predicted octanol–water partition coefficient (Wildman–Crippen LogP) is 1.44. The van der Waals surface area contributed by atoms with Gasteiger partial charge in [0.2, 0.25) is 11.8 Å². The second-order valence-electron chi connectivity index (χ2n) is 5.31. The number of hydrogen-bond donors (Lipinski definition) is 3. The lowest BCUT2D eigenvalue weighted by atomic mass is 9.97. The minimum absolute atomic E-state index is 0.0147. The van der Waals surface area contributed by atoms with Gasteiger partial charge in [-0.3, -0.25) is 9.59 Å². The SMILES string of the molecule is Cc1c(F)cc(C(N)=O)cc1NC(=O)C1(N)CCCC1. The summed E-state index contributed by atoms with van der Waals surface area (Å²) in [6, 6.07) is 2.43. The molecule has 6 heteroatoms. The van der Waals surface area contributed by atoms with E-state index in [2.05, 4.69) is 5.32 Å². The maximum absolute atomic E-state index is 13.7.